The minimum absolute atomic E-state index is 0.219. The number of rotatable bonds is 6. The van der Waals surface area contributed by atoms with Crippen molar-refractivity contribution in [3.63, 3.8) is 0 Å². The van der Waals surface area contributed by atoms with Gasteiger partial charge in [0.15, 0.2) is 0 Å². The summed E-state index contributed by atoms with van der Waals surface area (Å²) in [4.78, 5) is 13.7. The first kappa shape index (κ1) is 13.4. The van der Waals surface area contributed by atoms with E-state index in [4.69, 9.17) is 0 Å². The van der Waals surface area contributed by atoms with Crippen LogP contribution < -0.4 is 5.32 Å². The Hall–Kier alpha value is -1.00. The van der Waals surface area contributed by atoms with Gasteiger partial charge in [0, 0.05) is 13.6 Å². The van der Waals surface area contributed by atoms with E-state index in [1.807, 2.05) is 25.2 Å². The van der Waals surface area contributed by atoms with Gasteiger partial charge in [0.2, 0.25) is 5.91 Å². The van der Waals surface area contributed by atoms with Crippen molar-refractivity contribution in [2.24, 2.45) is 5.92 Å². The molecule has 1 amide bonds. The number of nitrogens with zero attached hydrogens (tertiary/aromatic N) is 1. The summed E-state index contributed by atoms with van der Waals surface area (Å²) in [6, 6.07) is 10.1. The van der Waals surface area contributed by atoms with Crippen LogP contribution >= 0.6 is 11.8 Å². The summed E-state index contributed by atoms with van der Waals surface area (Å²) in [5.41, 5.74) is 1.18. The molecule has 0 aliphatic carbocycles. The number of thioether (sulfide) groups is 1. The van der Waals surface area contributed by atoms with Gasteiger partial charge < -0.3 is 10.2 Å². The number of carbonyl (C=O) groups is 1. The molecule has 1 heterocycles. The Labute approximate surface area is 113 Å². The largest absolute Gasteiger partial charge is 0.341 e. The molecule has 0 saturated carbocycles. The second-order valence-corrected chi connectivity index (χ2v) is 5.81. The van der Waals surface area contributed by atoms with Crippen LogP contribution in [0.4, 0.5) is 0 Å². The first-order chi connectivity index (χ1) is 8.75. The highest BCUT2D eigenvalue weighted by Gasteiger charge is 2.17. The van der Waals surface area contributed by atoms with Gasteiger partial charge in [-0.2, -0.15) is 11.8 Å². The molecule has 4 heteroatoms. The maximum Gasteiger partial charge on any atom is 0.232 e. The van der Waals surface area contributed by atoms with Gasteiger partial charge in [-0.15, -0.1) is 0 Å². The number of amides is 1. The van der Waals surface area contributed by atoms with E-state index in [1.165, 1.54) is 5.56 Å². The van der Waals surface area contributed by atoms with Crippen LogP contribution in [-0.4, -0.2) is 42.4 Å². The van der Waals surface area contributed by atoms with E-state index >= 15 is 0 Å². The lowest BCUT2D eigenvalue weighted by molar-refractivity contribution is -0.127. The SMILES string of the molecule is CN(Cc1ccccc1)C(=O)CSCC1CNC1. The molecule has 0 aromatic heterocycles. The summed E-state index contributed by atoms with van der Waals surface area (Å²) in [5, 5.41) is 3.25. The molecule has 0 radical (unpaired) electrons. The lowest BCUT2D eigenvalue weighted by Crippen LogP contribution is -2.43. The van der Waals surface area contributed by atoms with Gasteiger partial charge in [-0.1, -0.05) is 30.3 Å². The molecule has 1 aromatic carbocycles. The Kier molecular flexibility index (Phi) is 5.08. The molecule has 0 bridgehead atoms. The topological polar surface area (TPSA) is 32.3 Å². The highest BCUT2D eigenvalue weighted by molar-refractivity contribution is 7.99. The molecular weight excluding hydrogens is 244 g/mol. The normalized spacial score (nSPS) is 15.2. The van der Waals surface area contributed by atoms with Gasteiger partial charge in [0.25, 0.3) is 0 Å². The van der Waals surface area contributed by atoms with Gasteiger partial charge in [0.05, 0.1) is 5.75 Å². The Morgan fingerprint density at radius 3 is 2.72 bits per heavy atom. The molecule has 3 nitrogen and oxygen atoms in total. The maximum atomic E-state index is 11.9. The summed E-state index contributed by atoms with van der Waals surface area (Å²) in [7, 11) is 1.88. The fourth-order valence-corrected chi connectivity index (χ4v) is 2.92. The second-order valence-electron chi connectivity index (χ2n) is 4.77. The second kappa shape index (κ2) is 6.81. The zero-order valence-corrected chi connectivity index (χ0v) is 11.6. The molecule has 2 rings (SSSR count). The van der Waals surface area contributed by atoms with E-state index in [0.717, 1.165) is 24.8 Å². The molecule has 98 valence electrons. The molecule has 1 fully saturated rings. The number of hydrogen-bond acceptors (Lipinski definition) is 3. The molecule has 1 aromatic rings. The number of carbonyl (C=O) groups excluding carboxylic acids is 1. The quantitative estimate of drug-likeness (QED) is 0.847. The van der Waals surface area contributed by atoms with Crippen LogP contribution in [-0.2, 0) is 11.3 Å². The van der Waals surface area contributed by atoms with Gasteiger partial charge in [-0.3, -0.25) is 4.79 Å². The summed E-state index contributed by atoms with van der Waals surface area (Å²) in [5.74, 6) is 2.68. The maximum absolute atomic E-state index is 11.9. The monoisotopic (exact) mass is 264 g/mol. The van der Waals surface area contributed by atoms with Gasteiger partial charge in [-0.25, -0.2) is 0 Å². The third-order valence-electron chi connectivity index (χ3n) is 3.13. The van der Waals surface area contributed by atoms with E-state index < -0.39 is 0 Å². The van der Waals surface area contributed by atoms with Crippen molar-refractivity contribution in [2.75, 3.05) is 31.6 Å². The minimum Gasteiger partial charge on any atom is -0.341 e. The van der Waals surface area contributed by atoms with Crippen LogP contribution in [0.5, 0.6) is 0 Å². The Balaban J connectivity index is 1.67. The van der Waals surface area contributed by atoms with E-state index in [-0.39, 0.29) is 5.91 Å². The fraction of sp³-hybridized carbons (Fsp3) is 0.500. The average molecular weight is 264 g/mol. The number of nitrogens with one attached hydrogen (secondary N) is 1. The average Bonchev–Trinajstić information content (AvgIpc) is 2.33. The van der Waals surface area contributed by atoms with Crippen LogP contribution in [0.1, 0.15) is 5.56 Å². The van der Waals surface area contributed by atoms with Crippen molar-refractivity contribution in [2.45, 2.75) is 6.54 Å². The first-order valence-corrected chi connectivity index (χ1v) is 7.47. The Morgan fingerprint density at radius 2 is 2.11 bits per heavy atom. The Morgan fingerprint density at radius 1 is 1.39 bits per heavy atom. The molecule has 0 unspecified atom stereocenters. The standard InChI is InChI=1S/C14H20N2OS/c1-16(9-12-5-3-2-4-6-12)14(17)11-18-10-13-7-15-8-13/h2-6,13,15H,7-11H2,1H3. The molecule has 1 saturated heterocycles. The summed E-state index contributed by atoms with van der Waals surface area (Å²) < 4.78 is 0. The smallest absolute Gasteiger partial charge is 0.232 e. The lowest BCUT2D eigenvalue weighted by atomic mass is 10.1. The molecule has 1 aliphatic heterocycles. The van der Waals surface area contributed by atoms with Crippen molar-refractivity contribution in [3.8, 4) is 0 Å². The molecule has 18 heavy (non-hydrogen) atoms. The zero-order chi connectivity index (χ0) is 12.8. The van der Waals surface area contributed by atoms with Crippen LogP contribution in [0.3, 0.4) is 0 Å². The summed E-state index contributed by atoms with van der Waals surface area (Å²) >= 11 is 1.75. The van der Waals surface area contributed by atoms with E-state index in [9.17, 15) is 4.79 Å². The minimum atomic E-state index is 0.219. The van der Waals surface area contributed by atoms with Crippen molar-refractivity contribution in [1.29, 1.82) is 0 Å². The molecule has 1 aliphatic rings. The Bertz CT molecular complexity index is 379. The van der Waals surface area contributed by atoms with E-state index in [2.05, 4.69) is 17.4 Å². The highest BCUT2D eigenvalue weighted by Crippen LogP contribution is 2.13. The number of benzene rings is 1. The molecule has 0 atom stereocenters. The van der Waals surface area contributed by atoms with E-state index in [1.54, 1.807) is 16.7 Å². The predicted molar refractivity (Wildman–Crippen MR) is 76.6 cm³/mol. The van der Waals surface area contributed by atoms with Crippen molar-refractivity contribution < 1.29 is 4.79 Å². The third kappa shape index (κ3) is 4.03. The van der Waals surface area contributed by atoms with Crippen molar-refractivity contribution in [1.82, 2.24) is 10.2 Å². The lowest BCUT2D eigenvalue weighted by Gasteiger charge is -2.26. The summed E-state index contributed by atoms with van der Waals surface area (Å²) in [6.45, 7) is 2.92. The van der Waals surface area contributed by atoms with Crippen molar-refractivity contribution in [3.05, 3.63) is 35.9 Å². The van der Waals surface area contributed by atoms with Crippen LogP contribution in [0, 0.1) is 5.92 Å². The van der Waals surface area contributed by atoms with E-state index in [0.29, 0.717) is 12.3 Å². The van der Waals surface area contributed by atoms with Crippen LogP contribution in [0.2, 0.25) is 0 Å². The highest BCUT2D eigenvalue weighted by atomic mass is 32.2. The van der Waals surface area contributed by atoms with Crippen molar-refractivity contribution >= 4 is 17.7 Å². The van der Waals surface area contributed by atoms with Crippen LogP contribution in [0.25, 0.3) is 0 Å². The molecular formula is C14H20N2OS. The fourth-order valence-electron chi connectivity index (χ4n) is 1.83. The van der Waals surface area contributed by atoms with Gasteiger partial charge in [0.1, 0.15) is 0 Å². The third-order valence-corrected chi connectivity index (χ3v) is 4.29. The zero-order valence-electron chi connectivity index (χ0n) is 10.8. The van der Waals surface area contributed by atoms with Gasteiger partial charge >= 0.3 is 0 Å². The molecule has 0 spiro atoms. The first-order valence-electron chi connectivity index (χ1n) is 6.32. The predicted octanol–water partition coefficient (Wildman–Crippen LogP) is 1.60. The summed E-state index contributed by atoms with van der Waals surface area (Å²) in [6.07, 6.45) is 0. The molecule has 1 N–H and O–H groups in total. The van der Waals surface area contributed by atoms with Gasteiger partial charge in [-0.05, 0) is 30.3 Å². The number of hydrogen-bond donors (Lipinski definition) is 1. The van der Waals surface area contributed by atoms with Crippen LogP contribution in [0.15, 0.2) is 30.3 Å².